The molecule has 0 saturated heterocycles. The number of fused-ring (bicyclic) bond motifs is 1. The van der Waals surface area contributed by atoms with Gasteiger partial charge in [0.1, 0.15) is 0 Å². The van der Waals surface area contributed by atoms with Crippen LogP contribution in [0, 0.1) is 5.92 Å². The second-order valence-corrected chi connectivity index (χ2v) is 5.97. The summed E-state index contributed by atoms with van der Waals surface area (Å²) in [7, 11) is 0. The number of nitrogens with one attached hydrogen (secondary N) is 2. The monoisotopic (exact) mass is 287 g/mol. The van der Waals surface area contributed by atoms with E-state index in [1.165, 1.54) is 5.56 Å². The summed E-state index contributed by atoms with van der Waals surface area (Å²) in [5.74, 6) is -0.262. The van der Waals surface area contributed by atoms with Gasteiger partial charge in [0.25, 0.3) is 5.91 Å². The zero-order valence-corrected chi connectivity index (χ0v) is 12.0. The Labute approximate surface area is 124 Å². The number of carbonyl (C=O) groups excluding carboxylic acids is 2. The number of hydrogen-bond acceptors (Lipinski definition) is 3. The quantitative estimate of drug-likeness (QED) is 0.786. The molecular weight excluding hydrogens is 266 g/mol. The van der Waals surface area contributed by atoms with Gasteiger partial charge < -0.3 is 16.4 Å². The van der Waals surface area contributed by atoms with E-state index in [1.54, 1.807) is 0 Å². The third-order valence-electron chi connectivity index (χ3n) is 4.54. The van der Waals surface area contributed by atoms with Crippen molar-refractivity contribution in [3.05, 3.63) is 29.3 Å². The average Bonchev–Trinajstić information content (AvgIpc) is 2.95. The van der Waals surface area contributed by atoms with Crippen molar-refractivity contribution in [3.63, 3.8) is 0 Å². The van der Waals surface area contributed by atoms with Crippen LogP contribution in [-0.2, 0) is 11.2 Å². The van der Waals surface area contributed by atoms with Crippen LogP contribution in [0.25, 0.3) is 0 Å². The maximum absolute atomic E-state index is 12.3. The average molecular weight is 287 g/mol. The fourth-order valence-corrected chi connectivity index (χ4v) is 3.24. The van der Waals surface area contributed by atoms with Crippen LogP contribution < -0.4 is 16.4 Å². The summed E-state index contributed by atoms with van der Waals surface area (Å²) in [4.78, 5) is 23.4. The van der Waals surface area contributed by atoms with Crippen molar-refractivity contribution in [3.8, 4) is 0 Å². The Morgan fingerprint density at radius 3 is 2.67 bits per heavy atom. The molecule has 1 fully saturated rings. The van der Waals surface area contributed by atoms with Gasteiger partial charge in [0.05, 0.1) is 0 Å². The molecule has 1 aromatic carbocycles. The first-order chi connectivity index (χ1) is 10.1. The molecule has 5 heteroatoms. The Morgan fingerprint density at radius 1 is 1.19 bits per heavy atom. The largest absolute Gasteiger partial charge is 0.384 e. The van der Waals surface area contributed by atoms with Crippen LogP contribution in [0.2, 0.25) is 0 Å². The molecule has 1 saturated carbocycles. The van der Waals surface area contributed by atoms with Gasteiger partial charge in [-0.25, -0.2) is 0 Å². The molecule has 5 nitrogen and oxygen atoms in total. The number of benzene rings is 1. The molecule has 0 spiro atoms. The van der Waals surface area contributed by atoms with E-state index in [2.05, 4.69) is 10.6 Å². The Kier molecular flexibility index (Phi) is 3.82. The van der Waals surface area contributed by atoms with Crippen LogP contribution in [0.3, 0.4) is 0 Å². The van der Waals surface area contributed by atoms with Gasteiger partial charge in [-0.3, -0.25) is 9.59 Å². The standard InChI is InChI=1S/C16H21N3O2/c17-15(20)10-1-4-13(5-2-10)19-16(21)12-3-6-14-11(9-12)7-8-18-14/h3,6,9-10,13,18H,1-2,4-5,7-8H2,(H2,17,20)(H,19,21). The van der Waals surface area contributed by atoms with Gasteiger partial charge in [-0.2, -0.15) is 0 Å². The molecule has 21 heavy (non-hydrogen) atoms. The molecular formula is C16H21N3O2. The summed E-state index contributed by atoms with van der Waals surface area (Å²) >= 11 is 0. The zero-order valence-electron chi connectivity index (χ0n) is 12.0. The van der Waals surface area contributed by atoms with Crippen LogP contribution in [0.4, 0.5) is 5.69 Å². The molecule has 1 aromatic rings. The summed E-state index contributed by atoms with van der Waals surface area (Å²) < 4.78 is 0. The molecule has 2 aliphatic rings. The van der Waals surface area contributed by atoms with Crippen molar-refractivity contribution in [1.29, 1.82) is 0 Å². The van der Waals surface area contributed by atoms with Crippen molar-refractivity contribution in [2.75, 3.05) is 11.9 Å². The lowest BCUT2D eigenvalue weighted by molar-refractivity contribution is -0.122. The molecule has 1 aliphatic carbocycles. The summed E-state index contributed by atoms with van der Waals surface area (Å²) in [6.07, 6.45) is 4.17. The molecule has 1 aliphatic heterocycles. The second-order valence-electron chi connectivity index (χ2n) is 5.97. The first-order valence-corrected chi connectivity index (χ1v) is 7.60. The van der Waals surface area contributed by atoms with Gasteiger partial charge in [-0.15, -0.1) is 0 Å². The fraction of sp³-hybridized carbons (Fsp3) is 0.500. The molecule has 0 unspecified atom stereocenters. The van der Waals surface area contributed by atoms with Crippen molar-refractivity contribution in [2.45, 2.75) is 38.1 Å². The summed E-state index contributed by atoms with van der Waals surface area (Å²) in [6, 6.07) is 5.96. The molecule has 0 radical (unpaired) electrons. The summed E-state index contributed by atoms with van der Waals surface area (Å²) in [5, 5.41) is 6.36. The number of anilines is 1. The number of amides is 2. The van der Waals surface area contributed by atoms with E-state index < -0.39 is 0 Å². The highest BCUT2D eigenvalue weighted by Gasteiger charge is 2.26. The minimum atomic E-state index is -0.217. The third-order valence-corrected chi connectivity index (χ3v) is 4.54. The highest BCUT2D eigenvalue weighted by molar-refractivity contribution is 5.95. The SMILES string of the molecule is NC(=O)C1CCC(NC(=O)c2ccc3c(c2)CCN3)CC1. The first kappa shape index (κ1) is 13.9. The van der Waals surface area contributed by atoms with Crippen molar-refractivity contribution in [2.24, 2.45) is 11.7 Å². The number of rotatable bonds is 3. The lowest BCUT2D eigenvalue weighted by Gasteiger charge is -2.27. The summed E-state index contributed by atoms with van der Waals surface area (Å²) in [5.41, 5.74) is 8.38. The van der Waals surface area contributed by atoms with E-state index in [-0.39, 0.29) is 23.8 Å². The normalized spacial score (nSPS) is 24.0. The van der Waals surface area contributed by atoms with Crippen molar-refractivity contribution >= 4 is 17.5 Å². The number of hydrogen-bond donors (Lipinski definition) is 3. The molecule has 1 heterocycles. The lowest BCUT2D eigenvalue weighted by atomic mass is 9.85. The predicted octanol–water partition coefficient (Wildman–Crippen LogP) is 1.43. The number of primary amides is 1. The minimum absolute atomic E-state index is 0.0211. The van der Waals surface area contributed by atoms with Crippen LogP contribution in [0.15, 0.2) is 18.2 Å². The molecule has 0 aromatic heterocycles. The number of carbonyl (C=O) groups is 2. The van der Waals surface area contributed by atoms with Crippen LogP contribution in [0.1, 0.15) is 41.6 Å². The van der Waals surface area contributed by atoms with E-state index >= 15 is 0 Å². The maximum atomic E-state index is 12.3. The number of nitrogens with two attached hydrogens (primary N) is 1. The highest BCUT2D eigenvalue weighted by Crippen LogP contribution is 2.25. The van der Waals surface area contributed by atoms with Crippen LogP contribution in [0.5, 0.6) is 0 Å². The molecule has 4 N–H and O–H groups in total. The van der Waals surface area contributed by atoms with Gasteiger partial charge in [-0.1, -0.05) is 0 Å². The fourth-order valence-electron chi connectivity index (χ4n) is 3.24. The maximum Gasteiger partial charge on any atom is 0.251 e. The van der Waals surface area contributed by atoms with Crippen LogP contribution >= 0.6 is 0 Å². The van der Waals surface area contributed by atoms with Gasteiger partial charge in [0.2, 0.25) is 5.91 Å². The molecule has 0 atom stereocenters. The van der Waals surface area contributed by atoms with Crippen molar-refractivity contribution in [1.82, 2.24) is 5.32 Å². The van der Waals surface area contributed by atoms with Gasteiger partial charge in [-0.05, 0) is 55.9 Å². The smallest absolute Gasteiger partial charge is 0.251 e. The predicted molar refractivity (Wildman–Crippen MR) is 81.0 cm³/mol. The zero-order chi connectivity index (χ0) is 14.8. The second kappa shape index (κ2) is 5.76. The highest BCUT2D eigenvalue weighted by atomic mass is 16.2. The van der Waals surface area contributed by atoms with E-state index in [9.17, 15) is 9.59 Å². The van der Waals surface area contributed by atoms with E-state index in [4.69, 9.17) is 5.73 Å². The molecule has 2 amide bonds. The summed E-state index contributed by atoms with van der Waals surface area (Å²) in [6.45, 7) is 0.942. The Balaban J connectivity index is 1.58. The Bertz CT molecular complexity index is 563. The third kappa shape index (κ3) is 3.01. The molecule has 0 bridgehead atoms. The molecule has 112 valence electrons. The van der Waals surface area contributed by atoms with Gasteiger partial charge >= 0.3 is 0 Å². The van der Waals surface area contributed by atoms with Gasteiger partial charge in [0.15, 0.2) is 0 Å². The van der Waals surface area contributed by atoms with E-state index in [0.717, 1.165) is 49.9 Å². The van der Waals surface area contributed by atoms with Gasteiger partial charge in [0, 0.05) is 29.8 Å². The lowest BCUT2D eigenvalue weighted by Crippen LogP contribution is -2.39. The Hall–Kier alpha value is -2.04. The topological polar surface area (TPSA) is 84.2 Å². The van der Waals surface area contributed by atoms with Crippen LogP contribution in [-0.4, -0.2) is 24.4 Å². The Morgan fingerprint density at radius 2 is 1.95 bits per heavy atom. The van der Waals surface area contributed by atoms with E-state index in [0.29, 0.717) is 0 Å². The van der Waals surface area contributed by atoms with Crippen molar-refractivity contribution < 1.29 is 9.59 Å². The van der Waals surface area contributed by atoms with E-state index in [1.807, 2.05) is 18.2 Å². The minimum Gasteiger partial charge on any atom is -0.384 e. The first-order valence-electron chi connectivity index (χ1n) is 7.60. The molecule has 3 rings (SSSR count).